The van der Waals surface area contributed by atoms with Crippen molar-refractivity contribution in [3.05, 3.63) is 22.3 Å². The molecule has 1 aliphatic carbocycles. The molecule has 1 fully saturated rings. The molecule has 0 amide bonds. The lowest BCUT2D eigenvalue weighted by Crippen LogP contribution is -2.54. The maximum atomic E-state index is 11.3. The van der Waals surface area contributed by atoms with Crippen LogP contribution in [0.25, 0.3) is 0 Å². The van der Waals surface area contributed by atoms with Gasteiger partial charge in [0.1, 0.15) is 17.1 Å². The molecule has 1 unspecified atom stereocenters. The minimum absolute atomic E-state index is 0.0497. The molecule has 1 heterocycles. The molecule has 1 aliphatic heterocycles. The van der Waals surface area contributed by atoms with E-state index in [4.69, 9.17) is 9.47 Å². The molecule has 1 aromatic rings. The zero-order chi connectivity index (χ0) is 18.2. The first-order chi connectivity index (χ1) is 11.9. The molecule has 0 saturated heterocycles. The summed E-state index contributed by atoms with van der Waals surface area (Å²) in [6.07, 6.45) is 4.82. The highest BCUT2D eigenvalue weighted by atomic mass is 32.2. The fourth-order valence-corrected chi connectivity index (χ4v) is 5.18. The molecule has 4 nitrogen and oxygen atoms in total. The van der Waals surface area contributed by atoms with Crippen LogP contribution in [0.3, 0.4) is 0 Å². The highest BCUT2D eigenvalue weighted by molar-refractivity contribution is 7.99. The van der Waals surface area contributed by atoms with Gasteiger partial charge in [0.05, 0.1) is 13.5 Å². The van der Waals surface area contributed by atoms with E-state index in [0.29, 0.717) is 18.1 Å². The molecule has 1 spiro atoms. The van der Waals surface area contributed by atoms with E-state index >= 15 is 0 Å². The van der Waals surface area contributed by atoms with Gasteiger partial charge in [0.25, 0.3) is 0 Å². The van der Waals surface area contributed by atoms with Crippen LogP contribution in [-0.2, 0) is 16.0 Å². The van der Waals surface area contributed by atoms with Crippen molar-refractivity contribution in [2.24, 2.45) is 5.92 Å². The Hall–Kier alpha value is -1.36. The minimum atomic E-state index is -0.150. The Bertz CT molecular complexity index is 679. The number of carbonyl (C=O) groups excluding carboxylic acids is 1. The number of hydrogen-bond donors (Lipinski definition) is 1. The number of aromatic hydroxyl groups is 1. The molecule has 25 heavy (non-hydrogen) atoms. The first-order valence-corrected chi connectivity index (χ1v) is 10.2. The standard InChI is InChI=1S/C20H28O4S/c1-12-13(2)19-16(14(3)18(12)22)10-15(20(24-19)7-5-8-20)11-25-9-6-17(21)23-4/h15,22H,5-11H2,1-4H3. The van der Waals surface area contributed by atoms with Crippen molar-refractivity contribution in [2.75, 3.05) is 18.6 Å². The zero-order valence-electron chi connectivity index (χ0n) is 15.6. The summed E-state index contributed by atoms with van der Waals surface area (Å²) in [5, 5.41) is 10.4. The Morgan fingerprint density at radius 2 is 2.00 bits per heavy atom. The number of thioether (sulfide) groups is 1. The van der Waals surface area contributed by atoms with E-state index in [1.54, 1.807) is 11.8 Å². The Kier molecular flexibility index (Phi) is 5.24. The Morgan fingerprint density at radius 3 is 2.60 bits per heavy atom. The van der Waals surface area contributed by atoms with E-state index in [-0.39, 0.29) is 11.6 Å². The Morgan fingerprint density at radius 1 is 1.28 bits per heavy atom. The number of fused-ring (bicyclic) bond motifs is 1. The zero-order valence-corrected chi connectivity index (χ0v) is 16.4. The van der Waals surface area contributed by atoms with E-state index in [0.717, 1.165) is 58.8 Å². The third-order valence-corrected chi connectivity index (χ3v) is 7.17. The molecular weight excluding hydrogens is 336 g/mol. The first-order valence-electron chi connectivity index (χ1n) is 9.05. The Balaban J connectivity index is 1.79. The smallest absolute Gasteiger partial charge is 0.306 e. The molecule has 0 radical (unpaired) electrons. The van der Waals surface area contributed by atoms with Crippen LogP contribution in [0.4, 0.5) is 0 Å². The molecule has 2 aliphatic rings. The average Bonchev–Trinajstić information content (AvgIpc) is 2.59. The number of phenols is 1. The predicted molar refractivity (Wildman–Crippen MR) is 101 cm³/mol. The average molecular weight is 365 g/mol. The van der Waals surface area contributed by atoms with Crippen LogP contribution in [0.5, 0.6) is 11.5 Å². The van der Waals surface area contributed by atoms with Gasteiger partial charge in [0, 0.05) is 23.0 Å². The second-order valence-corrected chi connectivity index (χ2v) is 8.50. The lowest BCUT2D eigenvalue weighted by atomic mass is 9.67. The molecule has 1 atom stereocenters. The molecular formula is C20H28O4S. The molecule has 5 heteroatoms. The number of ether oxygens (including phenoxy) is 2. The largest absolute Gasteiger partial charge is 0.507 e. The lowest BCUT2D eigenvalue weighted by Gasteiger charge is -2.51. The van der Waals surface area contributed by atoms with Crippen molar-refractivity contribution in [1.82, 2.24) is 0 Å². The minimum Gasteiger partial charge on any atom is -0.507 e. The van der Waals surface area contributed by atoms with Crippen molar-refractivity contribution in [3.8, 4) is 11.5 Å². The molecule has 3 rings (SSSR count). The van der Waals surface area contributed by atoms with Crippen LogP contribution < -0.4 is 4.74 Å². The quantitative estimate of drug-likeness (QED) is 0.630. The van der Waals surface area contributed by atoms with Gasteiger partial charge in [-0.15, -0.1) is 0 Å². The van der Waals surface area contributed by atoms with E-state index in [2.05, 4.69) is 0 Å². The number of carbonyl (C=O) groups is 1. The van der Waals surface area contributed by atoms with Crippen molar-refractivity contribution in [2.45, 2.75) is 58.5 Å². The summed E-state index contributed by atoms with van der Waals surface area (Å²) in [6.45, 7) is 6.00. The summed E-state index contributed by atoms with van der Waals surface area (Å²) in [6, 6.07) is 0. The van der Waals surface area contributed by atoms with E-state index in [1.807, 2.05) is 20.8 Å². The fourth-order valence-electron chi connectivity index (χ4n) is 4.00. The normalized spacial score (nSPS) is 20.6. The van der Waals surface area contributed by atoms with Gasteiger partial charge in [-0.2, -0.15) is 11.8 Å². The molecule has 1 N–H and O–H groups in total. The van der Waals surface area contributed by atoms with Gasteiger partial charge >= 0.3 is 5.97 Å². The third kappa shape index (κ3) is 3.23. The molecule has 1 saturated carbocycles. The fraction of sp³-hybridized carbons (Fsp3) is 0.650. The molecule has 0 aromatic heterocycles. The van der Waals surface area contributed by atoms with Crippen LogP contribution in [0.15, 0.2) is 0 Å². The Labute approximate surface area is 154 Å². The van der Waals surface area contributed by atoms with Gasteiger partial charge in [-0.05, 0) is 63.1 Å². The monoisotopic (exact) mass is 364 g/mol. The highest BCUT2D eigenvalue weighted by Crippen LogP contribution is 2.52. The van der Waals surface area contributed by atoms with E-state index in [9.17, 15) is 9.90 Å². The maximum Gasteiger partial charge on any atom is 0.306 e. The number of methoxy groups -OCH3 is 1. The predicted octanol–water partition coefficient (Wildman–Crippen LogP) is 4.09. The summed E-state index contributed by atoms with van der Waals surface area (Å²) in [5.41, 5.74) is 4.07. The van der Waals surface area contributed by atoms with Crippen LogP contribution >= 0.6 is 11.8 Å². The van der Waals surface area contributed by atoms with Crippen LogP contribution in [0, 0.1) is 26.7 Å². The highest BCUT2D eigenvalue weighted by Gasteiger charge is 2.50. The lowest BCUT2D eigenvalue weighted by molar-refractivity contribution is -0.140. The van der Waals surface area contributed by atoms with Gasteiger partial charge in [-0.1, -0.05) is 0 Å². The summed E-state index contributed by atoms with van der Waals surface area (Å²) in [5.74, 6) is 3.44. The number of esters is 1. The van der Waals surface area contributed by atoms with Gasteiger partial charge in [0.15, 0.2) is 0 Å². The van der Waals surface area contributed by atoms with Gasteiger partial charge < -0.3 is 14.6 Å². The molecule has 138 valence electrons. The first kappa shape index (κ1) is 18.4. The molecule has 1 aromatic carbocycles. The number of benzene rings is 1. The van der Waals surface area contributed by atoms with Gasteiger partial charge in [-0.25, -0.2) is 0 Å². The summed E-state index contributed by atoms with van der Waals surface area (Å²) in [7, 11) is 1.43. The topological polar surface area (TPSA) is 55.8 Å². The third-order valence-electron chi connectivity index (χ3n) is 6.04. The number of rotatable bonds is 5. The van der Waals surface area contributed by atoms with E-state index < -0.39 is 0 Å². The van der Waals surface area contributed by atoms with Crippen LogP contribution in [0.2, 0.25) is 0 Å². The summed E-state index contributed by atoms with van der Waals surface area (Å²) >= 11 is 1.80. The number of phenolic OH excluding ortho intramolecular Hbond substituents is 1. The van der Waals surface area contributed by atoms with Crippen molar-refractivity contribution in [1.29, 1.82) is 0 Å². The van der Waals surface area contributed by atoms with Crippen LogP contribution in [0.1, 0.15) is 47.9 Å². The summed E-state index contributed by atoms with van der Waals surface area (Å²) in [4.78, 5) is 11.3. The second-order valence-electron chi connectivity index (χ2n) is 7.35. The van der Waals surface area contributed by atoms with Gasteiger partial charge in [0.2, 0.25) is 0 Å². The van der Waals surface area contributed by atoms with Crippen molar-refractivity contribution >= 4 is 17.7 Å². The molecule has 0 bridgehead atoms. The van der Waals surface area contributed by atoms with Gasteiger partial charge in [-0.3, -0.25) is 4.79 Å². The second kappa shape index (κ2) is 7.10. The maximum absolute atomic E-state index is 11.3. The van der Waals surface area contributed by atoms with Crippen molar-refractivity contribution in [3.63, 3.8) is 0 Å². The number of hydrogen-bond acceptors (Lipinski definition) is 5. The van der Waals surface area contributed by atoms with Crippen molar-refractivity contribution < 1.29 is 19.4 Å². The van der Waals surface area contributed by atoms with E-state index in [1.165, 1.54) is 13.5 Å². The summed E-state index contributed by atoms with van der Waals surface area (Å²) < 4.78 is 11.3. The van der Waals surface area contributed by atoms with Crippen LogP contribution in [-0.4, -0.2) is 35.3 Å². The SMILES string of the molecule is COC(=O)CCSCC1Cc2c(C)c(O)c(C)c(C)c2OC12CCC2.